The number of nitrogens with zero attached hydrogens (tertiary/aromatic N) is 3. The molecule has 86 valence electrons. The van der Waals surface area contributed by atoms with E-state index in [2.05, 4.69) is 25.8 Å². The van der Waals surface area contributed by atoms with E-state index in [-0.39, 0.29) is 11.9 Å². The normalized spacial score (nSPS) is 19.3. The van der Waals surface area contributed by atoms with Gasteiger partial charge < -0.3 is 10.6 Å². The highest BCUT2D eigenvalue weighted by Crippen LogP contribution is 2.11. The van der Waals surface area contributed by atoms with Gasteiger partial charge in [0.05, 0.1) is 11.6 Å². The van der Waals surface area contributed by atoms with Crippen LogP contribution in [0.1, 0.15) is 6.42 Å². The highest BCUT2D eigenvalue weighted by Gasteiger charge is 2.21. The van der Waals surface area contributed by atoms with Gasteiger partial charge in [-0.25, -0.2) is 4.98 Å². The molecular weight excluding hydrogens is 218 g/mol. The lowest BCUT2D eigenvalue weighted by atomic mass is 10.2. The fourth-order valence-electron chi connectivity index (χ4n) is 1.83. The second-order valence-corrected chi connectivity index (χ2v) is 3.97. The molecule has 0 spiro atoms. The molecule has 1 saturated heterocycles. The van der Waals surface area contributed by atoms with E-state index >= 15 is 0 Å². The summed E-state index contributed by atoms with van der Waals surface area (Å²) in [5, 5.41) is 13.9. The number of nitrogens with one attached hydrogen (secondary N) is 2. The fourth-order valence-corrected chi connectivity index (χ4v) is 1.83. The molecule has 17 heavy (non-hydrogen) atoms. The maximum absolute atomic E-state index is 11.0. The summed E-state index contributed by atoms with van der Waals surface area (Å²) in [6.07, 6.45) is 0.455. The second-order valence-electron chi connectivity index (χ2n) is 3.97. The molecule has 3 rings (SSSR count). The zero-order valence-electron chi connectivity index (χ0n) is 9.05. The lowest BCUT2D eigenvalue weighted by molar-refractivity contribution is -0.119. The van der Waals surface area contributed by atoms with Crippen LogP contribution >= 0.6 is 0 Å². The first-order valence-corrected chi connectivity index (χ1v) is 5.44. The van der Waals surface area contributed by atoms with Crippen LogP contribution in [0.15, 0.2) is 24.3 Å². The SMILES string of the molecule is O=C1CC(Nc2nnc3ccccc3n2)CN1. The number of carbonyl (C=O) groups excluding carboxylic acids is 1. The molecule has 2 heterocycles. The number of benzene rings is 1. The van der Waals surface area contributed by atoms with E-state index in [0.29, 0.717) is 18.9 Å². The molecule has 1 aliphatic rings. The molecule has 2 N–H and O–H groups in total. The van der Waals surface area contributed by atoms with E-state index in [1.165, 1.54) is 0 Å². The minimum Gasteiger partial charge on any atom is -0.354 e. The molecule has 6 heteroatoms. The van der Waals surface area contributed by atoms with Crippen molar-refractivity contribution in [1.29, 1.82) is 0 Å². The van der Waals surface area contributed by atoms with Crippen molar-refractivity contribution in [2.75, 3.05) is 11.9 Å². The molecule has 0 saturated carbocycles. The van der Waals surface area contributed by atoms with Crippen LogP contribution in [-0.4, -0.2) is 33.7 Å². The lowest BCUT2D eigenvalue weighted by Gasteiger charge is -2.09. The highest BCUT2D eigenvalue weighted by molar-refractivity contribution is 5.79. The molecule has 1 unspecified atom stereocenters. The standard InChI is InChI=1S/C11H11N5O/c17-10-5-7(6-12-10)13-11-14-8-3-1-2-4-9(8)15-16-11/h1-4,7H,5-6H2,(H,12,17)(H,13,14,16). The predicted molar refractivity (Wildman–Crippen MR) is 62.4 cm³/mol. The van der Waals surface area contributed by atoms with Gasteiger partial charge in [-0.1, -0.05) is 12.1 Å². The minimum atomic E-state index is 0.0467. The quantitative estimate of drug-likeness (QED) is 0.775. The largest absolute Gasteiger partial charge is 0.354 e. The summed E-state index contributed by atoms with van der Waals surface area (Å²) in [6.45, 7) is 0.606. The van der Waals surface area contributed by atoms with Gasteiger partial charge in [0.25, 0.3) is 0 Å². The van der Waals surface area contributed by atoms with E-state index in [1.54, 1.807) is 0 Å². The molecule has 0 bridgehead atoms. The van der Waals surface area contributed by atoms with E-state index in [9.17, 15) is 4.79 Å². The van der Waals surface area contributed by atoms with Crippen molar-refractivity contribution in [3.05, 3.63) is 24.3 Å². The van der Waals surface area contributed by atoms with E-state index < -0.39 is 0 Å². The first-order valence-electron chi connectivity index (χ1n) is 5.44. The molecular formula is C11H11N5O. The van der Waals surface area contributed by atoms with Crippen LogP contribution in [0.4, 0.5) is 5.95 Å². The van der Waals surface area contributed by atoms with Crippen LogP contribution in [0.5, 0.6) is 0 Å². The van der Waals surface area contributed by atoms with Crippen molar-refractivity contribution < 1.29 is 4.79 Å². The van der Waals surface area contributed by atoms with Crippen LogP contribution in [0.3, 0.4) is 0 Å². The summed E-state index contributed by atoms with van der Waals surface area (Å²) in [7, 11) is 0. The summed E-state index contributed by atoms with van der Waals surface area (Å²) < 4.78 is 0. The van der Waals surface area contributed by atoms with E-state index in [4.69, 9.17) is 0 Å². The van der Waals surface area contributed by atoms with Gasteiger partial charge in [-0.15, -0.1) is 10.2 Å². The van der Waals surface area contributed by atoms with Gasteiger partial charge in [0, 0.05) is 13.0 Å². The monoisotopic (exact) mass is 229 g/mol. The zero-order chi connectivity index (χ0) is 11.7. The molecule has 1 amide bonds. The van der Waals surface area contributed by atoms with Crippen LogP contribution < -0.4 is 10.6 Å². The molecule has 1 aromatic heterocycles. The number of aromatic nitrogens is 3. The van der Waals surface area contributed by atoms with Crippen molar-refractivity contribution in [3.8, 4) is 0 Å². The van der Waals surface area contributed by atoms with Crippen molar-refractivity contribution in [1.82, 2.24) is 20.5 Å². The second kappa shape index (κ2) is 3.97. The van der Waals surface area contributed by atoms with Crippen LogP contribution in [0.25, 0.3) is 11.0 Å². The summed E-state index contributed by atoms with van der Waals surface area (Å²) >= 11 is 0. The maximum atomic E-state index is 11.0. The predicted octanol–water partition coefficient (Wildman–Crippen LogP) is 0.325. The van der Waals surface area contributed by atoms with Gasteiger partial charge in [0.2, 0.25) is 11.9 Å². The van der Waals surface area contributed by atoms with Crippen molar-refractivity contribution in [2.24, 2.45) is 0 Å². The third-order valence-corrected chi connectivity index (χ3v) is 2.67. The molecule has 1 fully saturated rings. The van der Waals surface area contributed by atoms with Gasteiger partial charge >= 0.3 is 0 Å². The summed E-state index contributed by atoms with van der Waals surface area (Å²) in [4.78, 5) is 15.4. The Labute approximate surface area is 97.5 Å². The fraction of sp³-hybridized carbons (Fsp3) is 0.273. The number of hydrogen-bond acceptors (Lipinski definition) is 5. The molecule has 1 aliphatic heterocycles. The van der Waals surface area contributed by atoms with Gasteiger partial charge in [0.1, 0.15) is 5.52 Å². The smallest absolute Gasteiger partial charge is 0.243 e. The third kappa shape index (κ3) is 2.01. The topological polar surface area (TPSA) is 79.8 Å². The number of amides is 1. The van der Waals surface area contributed by atoms with E-state index in [1.807, 2.05) is 24.3 Å². The van der Waals surface area contributed by atoms with Crippen LogP contribution in [0.2, 0.25) is 0 Å². The van der Waals surface area contributed by atoms with Crippen LogP contribution in [0, 0.1) is 0 Å². The van der Waals surface area contributed by atoms with Crippen molar-refractivity contribution in [3.63, 3.8) is 0 Å². The van der Waals surface area contributed by atoms with Crippen molar-refractivity contribution >= 4 is 22.9 Å². The molecule has 1 aromatic carbocycles. The molecule has 2 aromatic rings. The first-order chi connectivity index (χ1) is 8.31. The molecule has 0 aliphatic carbocycles. The number of para-hydroxylation sites is 1. The number of rotatable bonds is 2. The average molecular weight is 229 g/mol. The van der Waals surface area contributed by atoms with Crippen molar-refractivity contribution in [2.45, 2.75) is 12.5 Å². The minimum absolute atomic E-state index is 0.0467. The van der Waals surface area contributed by atoms with Crippen LogP contribution in [-0.2, 0) is 4.79 Å². The lowest BCUT2D eigenvalue weighted by Crippen LogP contribution is -2.23. The summed E-state index contributed by atoms with van der Waals surface area (Å²) in [5.74, 6) is 0.515. The molecule has 0 radical (unpaired) electrons. The van der Waals surface area contributed by atoms with Gasteiger partial charge in [-0.2, -0.15) is 0 Å². The number of fused-ring (bicyclic) bond motifs is 1. The number of carbonyl (C=O) groups is 1. The highest BCUT2D eigenvalue weighted by atomic mass is 16.1. The Morgan fingerprint density at radius 1 is 1.24 bits per heavy atom. The number of anilines is 1. The summed E-state index contributed by atoms with van der Waals surface area (Å²) in [5.41, 5.74) is 1.56. The third-order valence-electron chi connectivity index (χ3n) is 2.67. The van der Waals surface area contributed by atoms with Gasteiger partial charge in [-0.05, 0) is 12.1 Å². The zero-order valence-corrected chi connectivity index (χ0v) is 9.05. The van der Waals surface area contributed by atoms with Gasteiger partial charge in [0.15, 0.2) is 0 Å². The Balaban J connectivity index is 1.83. The Bertz CT molecular complexity index is 571. The molecule has 1 atom stereocenters. The Morgan fingerprint density at radius 2 is 2.06 bits per heavy atom. The first kappa shape index (κ1) is 9.95. The summed E-state index contributed by atoms with van der Waals surface area (Å²) in [6, 6.07) is 7.59. The number of hydrogen-bond donors (Lipinski definition) is 2. The Kier molecular flexibility index (Phi) is 2.32. The Morgan fingerprint density at radius 3 is 2.82 bits per heavy atom. The maximum Gasteiger partial charge on any atom is 0.243 e. The average Bonchev–Trinajstić information content (AvgIpc) is 2.75. The Hall–Kier alpha value is -2.24. The van der Waals surface area contributed by atoms with Gasteiger partial charge in [-0.3, -0.25) is 4.79 Å². The van der Waals surface area contributed by atoms with E-state index in [0.717, 1.165) is 11.0 Å². The molecule has 6 nitrogen and oxygen atoms in total.